The van der Waals surface area contributed by atoms with Crippen LogP contribution in [0.4, 0.5) is 5.82 Å². The van der Waals surface area contributed by atoms with Gasteiger partial charge in [0.05, 0.1) is 5.92 Å². The van der Waals surface area contributed by atoms with Crippen molar-refractivity contribution in [1.29, 1.82) is 0 Å². The van der Waals surface area contributed by atoms with E-state index in [0.717, 1.165) is 44.8 Å². The van der Waals surface area contributed by atoms with Crippen LogP contribution >= 0.6 is 0 Å². The lowest BCUT2D eigenvalue weighted by molar-refractivity contribution is -0.124. The SMILES string of the molecule is CCNc1ncccc1CN1CCCC2C(=O)NCC21. The summed E-state index contributed by atoms with van der Waals surface area (Å²) >= 11 is 0. The Morgan fingerprint density at radius 1 is 1.55 bits per heavy atom. The number of hydrogen-bond acceptors (Lipinski definition) is 4. The van der Waals surface area contributed by atoms with E-state index in [0.29, 0.717) is 6.04 Å². The van der Waals surface area contributed by atoms with Gasteiger partial charge in [-0.05, 0) is 32.4 Å². The third kappa shape index (κ3) is 2.50. The first-order chi connectivity index (χ1) is 9.79. The number of fused-ring (bicyclic) bond motifs is 1. The van der Waals surface area contributed by atoms with Crippen molar-refractivity contribution in [2.75, 3.05) is 25.0 Å². The number of aromatic nitrogens is 1. The molecule has 2 aliphatic heterocycles. The summed E-state index contributed by atoms with van der Waals surface area (Å²) in [7, 11) is 0. The number of carbonyl (C=O) groups excluding carboxylic acids is 1. The van der Waals surface area contributed by atoms with Crippen molar-refractivity contribution in [3.05, 3.63) is 23.9 Å². The van der Waals surface area contributed by atoms with Crippen molar-refractivity contribution in [3.8, 4) is 0 Å². The molecular formula is C15H22N4O. The number of piperidine rings is 1. The molecular weight excluding hydrogens is 252 g/mol. The fourth-order valence-corrected chi connectivity index (χ4v) is 3.35. The third-order valence-corrected chi connectivity index (χ3v) is 4.33. The van der Waals surface area contributed by atoms with Gasteiger partial charge in [0.2, 0.25) is 5.91 Å². The van der Waals surface area contributed by atoms with Crippen molar-refractivity contribution in [2.45, 2.75) is 32.4 Å². The number of hydrogen-bond donors (Lipinski definition) is 2. The molecule has 2 saturated heterocycles. The average Bonchev–Trinajstić information content (AvgIpc) is 2.84. The first kappa shape index (κ1) is 13.4. The minimum Gasteiger partial charge on any atom is -0.370 e. The van der Waals surface area contributed by atoms with Crippen LogP contribution in [0.25, 0.3) is 0 Å². The smallest absolute Gasteiger partial charge is 0.224 e. The minimum absolute atomic E-state index is 0.183. The van der Waals surface area contributed by atoms with E-state index < -0.39 is 0 Å². The van der Waals surface area contributed by atoms with E-state index in [2.05, 4.69) is 33.5 Å². The Balaban J connectivity index is 1.75. The molecule has 5 nitrogen and oxygen atoms in total. The Labute approximate surface area is 119 Å². The van der Waals surface area contributed by atoms with E-state index in [1.807, 2.05) is 12.3 Å². The zero-order valence-corrected chi connectivity index (χ0v) is 11.9. The van der Waals surface area contributed by atoms with Gasteiger partial charge in [0.15, 0.2) is 0 Å². The highest BCUT2D eigenvalue weighted by atomic mass is 16.2. The van der Waals surface area contributed by atoms with Crippen molar-refractivity contribution in [2.24, 2.45) is 5.92 Å². The van der Waals surface area contributed by atoms with Gasteiger partial charge in [-0.3, -0.25) is 9.69 Å². The fourth-order valence-electron chi connectivity index (χ4n) is 3.35. The number of nitrogens with one attached hydrogen (secondary N) is 2. The van der Waals surface area contributed by atoms with E-state index in [9.17, 15) is 4.79 Å². The maximum atomic E-state index is 11.8. The zero-order valence-electron chi connectivity index (χ0n) is 11.9. The lowest BCUT2D eigenvalue weighted by Gasteiger charge is -2.36. The molecule has 1 aromatic heterocycles. The lowest BCUT2D eigenvalue weighted by Crippen LogP contribution is -2.45. The molecule has 0 aromatic carbocycles. The maximum Gasteiger partial charge on any atom is 0.224 e. The molecule has 1 aromatic rings. The van der Waals surface area contributed by atoms with E-state index >= 15 is 0 Å². The predicted molar refractivity (Wildman–Crippen MR) is 78.3 cm³/mol. The summed E-state index contributed by atoms with van der Waals surface area (Å²) in [6, 6.07) is 4.46. The number of nitrogens with zero attached hydrogens (tertiary/aromatic N) is 2. The largest absolute Gasteiger partial charge is 0.370 e. The summed E-state index contributed by atoms with van der Waals surface area (Å²) in [6.07, 6.45) is 3.95. The normalized spacial score (nSPS) is 26.1. The van der Waals surface area contributed by atoms with Gasteiger partial charge in [0.1, 0.15) is 5.82 Å². The van der Waals surface area contributed by atoms with E-state index in [1.165, 1.54) is 5.56 Å². The molecule has 0 bridgehead atoms. The monoisotopic (exact) mass is 274 g/mol. The molecule has 0 spiro atoms. The lowest BCUT2D eigenvalue weighted by atomic mass is 9.91. The molecule has 2 aliphatic rings. The van der Waals surface area contributed by atoms with Crippen LogP contribution < -0.4 is 10.6 Å². The van der Waals surface area contributed by atoms with E-state index in [1.54, 1.807) is 0 Å². The molecule has 0 radical (unpaired) electrons. The van der Waals surface area contributed by atoms with Crippen LogP contribution in [0.1, 0.15) is 25.3 Å². The second kappa shape index (κ2) is 5.79. The van der Waals surface area contributed by atoms with Gasteiger partial charge in [-0.15, -0.1) is 0 Å². The Morgan fingerprint density at radius 3 is 3.30 bits per heavy atom. The Kier molecular flexibility index (Phi) is 3.87. The van der Waals surface area contributed by atoms with Gasteiger partial charge in [-0.25, -0.2) is 4.98 Å². The zero-order chi connectivity index (χ0) is 13.9. The summed E-state index contributed by atoms with van der Waals surface area (Å²) in [6.45, 7) is 5.67. The minimum atomic E-state index is 0.183. The average molecular weight is 274 g/mol. The van der Waals surface area contributed by atoms with Gasteiger partial charge >= 0.3 is 0 Å². The number of rotatable bonds is 4. The number of pyridine rings is 1. The quantitative estimate of drug-likeness (QED) is 0.867. The van der Waals surface area contributed by atoms with Crippen molar-refractivity contribution >= 4 is 11.7 Å². The standard InChI is InChI=1S/C15H22N4O/c1-2-16-14-11(5-3-7-17-14)10-19-8-4-6-12-13(19)9-18-15(12)20/h3,5,7,12-13H,2,4,6,8-10H2,1H3,(H,16,17)(H,18,20). The molecule has 3 rings (SSSR count). The second-order valence-corrected chi connectivity index (χ2v) is 5.57. The number of anilines is 1. The second-order valence-electron chi connectivity index (χ2n) is 5.57. The molecule has 0 saturated carbocycles. The van der Waals surface area contributed by atoms with Crippen LogP contribution in [0.5, 0.6) is 0 Å². The Morgan fingerprint density at radius 2 is 2.45 bits per heavy atom. The first-order valence-corrected chi connectivity index (χ1v) is 7.49. The van der Waals surface area contributed by atoms with Gasteiger partial charge < -0.3 is 10.6 Å². The van der Waals surface area contributed by atoms with Gasteiger partial charge in [-0.1, -0.05) is 6.07 Å². The van der Waals surface area contributed by atoms with Crippen molar-refractivity contribution in [1.82, 2.24) is 15.2 Å². The molecule has 2 fully saturated rings. The number of amides is 1. The van der Waals surface area contributed by atoms with Crippen LogP contribution in [0.15, 0.2) is 18.3 Å². The van der Waals surface area contributed by atoms with Crippen LogP contribution in [0.2, 0.25) is 0 Å². The van der Waals surface area contributed by atoms with Gasteiger partial charge in [0.25, 0.3) is 0 Å². The van der Waals surface area contributed by atoms with E-state index in [4.69, 9.17) is 0 Å². The predicted octanol–water partition coefficient (Wildman–Crippen LogP) is 1.22. The van der Waals surface area contributed by atoms with Crippen LogP contribution in [0.3, 0.4) is 0 Å². The maximum absolute atomic E-state index is 11.8. The van der Waals surface area contributed by atoms with E-state index in [-0.39, 0.29) is 11.8 Å². The summed E-state index contributed by atoms with van der Waals surface area (Å²) in [5.41, 5.74) is 1.22. The third-order valence-electron chi connectivity index (χ3n) is 4.33. The molecule has 108 valence electrons. The molecule has 2 unspecified atom stereocenters. The number of carbonyl (C=O) groups is 1. The van der Waals surface area contributed by atoms with Crippen molar-refractivity contribution < 1.29 is 4.79 Å². The molecule has 20 heavy (non-hydrogen) atoms. The number of likely N-dealkylation sites (tertiary alicyclic amines) is 1. The summed E-state index contributed by atoms with van der Waals surface area (Å²) in [5.74, 6) is 1.38. The highest BCUT2D eigenvalue weighted by molar-refractivity contribution is 5.82. The topological polar surface area (TPSA) is 57.3 Å². The van der Waals surface area contributed by atoms with Crippen LogP contribution in [-0.4, -0.2) is 41.5 Å². The molecule has 3 heterocycles. The van der Waals surface area contributed by atoms with Crippen molar-refractivity contribution in [3.63, 3.8) is 0 Å². The van der Waals surface area contributed by atoms with Gasteiger partial charge in [0, 0.05) is 37.4 Å². The Bertz CT molecular complexity index is 491. The molecule has 5 heteroatoms. The fraction of sp³-hybridized carbons (Fsp3) is 0.600. The first-order valence-electron chi connectivity index (χ1n) is 7.49. The highest BCUT2D eigenvalue weighted by Crippen LogP contribution is 2.29. The van der Waals surface area contributed by atoms with Crippen LogP contribution in [-0.2, 0) is 11.3 Å². The molecule has 0 aliphatic carbocycles. The highest BCUT2D eigenvalue weighted by Gasteiger charge is 2.40. The molecule has 2 N–H and O–H groups in total. The van der Waals surface area contributed by atoms with Crippen LogP contribution in [0, 0.1) is 5.92 Å². The summed E-state index contributed by atoms with van der Waals surface area (Å²) < 4.78 is 0. The summed E-state index contributed by atoms with van der Waals surface area (Å²) in [4.78, 5) is 18.7. The molecule has 2 atom stereocenters. The summed E-state index contributed by atoms with van der Waals surface area (Å²) in [5, 5.41) is 6.32. The Hall–Kier alpha value is -1.62. The molecule has 1 amide bonds. The van der Waals surface area contributed by atoms with Gasteiger partial charge in [-0.2, -0.15) is 0 Å².